The van der Waals surface area contributed by atoms with E-state index in [-0.39, 0.29) is 6.10 Å². The Balaban J connectivity index is 1.72. The van der Waals surface area contributed by atoms with E-state index in [0.29, 0.717) is 6.04 Å². The molecule has 18 heavy (non-hydrogen) atoms. The van der Waals surface area contributed by atoms with Crippen LogP contribution >= 0.6 is 0 Å². The van der Waals surface area contributed by atoms with Gasteiger partial charge < -0.3 is 10.1 Å². The van der Waals surface area contributed by atoms with Crippen molar-refractivity contribution in [2.45, 2.75) is 51.7 Å². The topological polar surface area (TPSA) is 21.3 Å². The minimum absolute atomic E-state index is 0.230. The Morgan fingerprint density at radius 1 is 1.17 bits per heavy atom. The molecule has 0 heterocycles. The summed E-state index contributed by atoms with van der Waals surface area (Å²) in [4.78, 5) is 0. The highest BCUT2D eigenvalue weighted by Gasteiger charge is 2.39. The zero-order valence-corrected chi connectivity index (χ0v) is 11.4. The molecule has 0 aliphatic heterocycles. The van der Waals surface area contributed by atoms with E-state index < -0.39 is 0 Å². The summed E-state index contributed by atoms with van der Waals surface area (Å²) < 4.78 is 5.87. The van der Waals surface area contributed by atoms with Crippen LogP contribution in [0, 0.1) is 11.8 Å². The van der Waals surface area contributed by atoms with Gasteiger partial charge in [-0.1, -0.05) is 18.6 Å². The van der Waals surface area contributed by atoms with E-state index in [1.165, 1.54) is 31.4 Å². The summed E-state index contributed by atoms with van der Waals surface area (Å²) in [6.45, 7) is 4.16. The molecule has 1 N–H and O–H groups in total. The highest BCUT2D eigenvalue weighted by Crippen LogP contribution is 2.46. The molecule has 0 radical (unpaired) electrons. The van der Waals surface area contributed by atoms with Crippen LogP contribution in [0.4, 0.5) is 5.69 Å². The van der Waals surface area contributed by atoms with Crippen LogP contribution in [0.1, 0.15) is 39.5 Å². The highest BCUT2D eigenvalue weighted by molar-refractivity contribution is 5.57. The second-order valence-electron chi connectivity index (χ2n) is 6.09. The number of fused-ring (bicyclic) bond motifs is 2. The van der Waals surface area contributed by atoms with Crippen LogP contribution in [-0.4, -0.2) is 12.1 Å². The van der Waals surface area contributed by atoms with Gasteiger partial charge in [0.05, 0.1) is 11.8 Å². The predicted molar refractivity (Wildman–Crippen MR) is 75.1 cm³/mol. The SMILES string of the molecule is CC(C)Oc1ccccc1NC1CC2CCC1C2. The number of para-hydroxylation sites is 2. The molecular formula is C16H23NO. The number of ether oxygens (including phenoxy) is 1. The predicted octanol–water partition coefficient (Wildman–Crippen LogP) is 4.07. The van der Waals surface area contributed by atoms with Gasteiger partial charge in [0, 0.05) is 6.04 Å². The first-order chi connectivity index (χ1) is 8.72. The van der Waals surface area contributed by atoms with E-state index in [4.69, 9.17) is 4.74 Å². The quantitative estimate of drug-likeness (QED) is 0.863. The Kier molecular flexibility index (Phi) is 3.19. The van der Waals surface area contributed by atoms with Gasteiger partial charge >= 0.3 is 0 Å². The summed E-state index contributed by atoms with van der Waals surface area (Å²) in [6, 6.07) is 9.01. The van der Waals surface area contributed by atoms with Gasteiger partial charge in [-0.15, -0.1) is 0 Å². The van der Waals surface area contributed by atoms with E-state index in [1.54, 1.807) is 0 Å². The Morgan fingerprint density at radius 3 is 2.67 bits per heavy atom. The van der Waals surface area contributed by atoms with Gasteiger partial charge in [0.2, 0.25) is 0 Å². The third-order valence-electron chi connectivity index (χ3n) is 4.33. The Bertz CT molecular complexity index is 415. The molecule has 2 nitrogen and oxygen atoms in total. The Morgan fingerprint density at radius 2 is 2.00 bits per heavy atom. The maximum atomic E-state index is 5.87. The van der Waals surface area contributed by atoms with Crippen LogP contribution in [0.25, 0.3) is 0 Å². The lowest BCUT2D eigenvalue weighted by molar-refractivity contribution is 0.243. The molecule has 2 aliphatic rings. The monoisotopic (exact) mass is 245 g/mol. The van der Waals surface area contributed by atoms with E-state index in [1.807, 2.05) is 6.07 Å². The minimum atomic E-state index is 0.230. The molecule has 1 aromatic rings. The van der Waals surface area contributed by atoms with Crippen LogP contribution in [0.15, 0.2) is 24.3 Å². The van der Waals surface area contributed by atoms with E-state index >= 15 is 0 Å². The third-order valence-corrected chi connectivity index (χ3v) is 4.33. The smallest absolute Gasteiger partial charge is 0.142 e. The van der Waals surface area contributed by atoms with Crippen molar-refractivity contribution in [1.82, 2.24) is 0 Å². The van der Waals surface area contributed by atoms with E-state index in [9.17, 15) is 0 Å². The van der Waals surface area contributed by atoms with Crippen LogP contribution in [0.3, 0.4) is 0 Å². The van der Waals surface area contributed by atoms with Gasteiger partial charge in [-0.05, 0) is 57.1 Å². The third kappa shape index (κ3) is 2.33. The number of rotatable bonds is 4. The Hall–Kier alpha value is -1.18. The van der Waals surface area contributed by atoms with Crippen molar-refractivity contribution in [3.63, 3.8) is 0 Å². The second-order valence-corrected chi connectivity index (χ2v) is 6.09. The van der Waals surface area contributed by atoms with Gasteiger partial charge in [0.15, 0.2) is 0 Å². The zero-order valence-electron chi connectivity index (χ0n) is 11.4. The largest absolute Gasteiger partial charge is 0.489 e. The van der Waals surface area contributed by atoms with Crippen molar-refractivity contribution in [2.75, 3.05) is 5.32 Å². The van der Waals surface area contributed by atoms with Crippen LogP contribution in [0.2, 0.25) is 0 Å². The van der Waals surface area contributed by atoms with E-state index in [0.717, 1.165) is 17.6 Å². The fourth-order valence-corrected chi connectivity index (χ4v) is 3.56. The molecule has 2 saturated carbocycles. The molecule has 0 amide bonds. The maximum Gasteiger partial charge on any atom is 0.142 e. The number of hydrogen-bond acceptors (Lipinski definition) is 2. The summed E-state index contributed by atoms with van der Waals surface area (Å²) in [5, 5.41) is 3.72. The highest BCUT2D eigenvalue weighted by atomic mass is 16.5. The van der Waals surface area contributed by atoms with Crippen molar-refractivity contribution in [2.24, 2.45) is 11.8 Å². The van der Waals surface area contributed by atoms with Gasteiger partial charge in [-0.3, -0.25) is 0 Å². The van der Waals surface area contributed by atoms with Crippen LogP contribution in [-0.2, 0) is 0 Å². The van der Waals surface area contributed by atoms with Crippen molar-refractivity contribution >= 4 is 5.69 Å². The lowest BCUT2D eigenvalue weighted by atomic mass is 9.95. The fraction of sp³-hybridized carbons (Fsp3) is 0.625. The molecular weight excluding hydrogens is 222 g/mol. The number of nitrogens with one attached hydrogen (secondary N) is 1. The molecule has 2 bridgehead atoms. The molecule has 2 aliphatic carbocycles. The minimum Gasteiger partial charge on any atom is -0.489 e. The van der Waals surface area contributed by atoms with Crippen molar-refractivity contribution in [1.29, 1.82) is 0 Å². The summed E-state index contributed by atoms with van der Waals surface area (Å²) in [6.07, 6.45) is 5.88. The summed E-state index contributed by atoms with van der Waals surface area (Å²) in [5.41, 5.74) is 1.17. The van der Waals surface area contributed by atoms with Crippen LogP contribution < -0.4 is 10.1 Å². The molecule has 3 unspecified atom stereocenters. The number of benzene rings is 1. The molecule has 3 atom stereocenters. The van der Waals surface area contributed by atoms with Crippen molar-refractivity contribution in [3.8, 4) is 5.75 Å². The Labute approximate surface area is 110 Å². The number of anilines is 1. The first-order valence-corrected chi connectivity index (χ1v) is 7.24. The number of hydrogen-bond donors (Lipinski definition) is 1. The molecule has 2 heteroatoms. The van der Waals surface area contributed by atoms with Crippen molar-refractivity contribution < 1.29 is 4.74 Å². The molecule has 0 aromatic heterocycles. The van der Waals surface area contributed by atoms with Gasteiger partial charge in [-0.2, -0.15) is 0 Å². The first-order valence-electron chi connectivity index (χ1n) is 7.24. The average Bonchev–Trinajstić information content (AvgIpc) is 2.93. The van der Waals surface area contributed by atoms with E-state index in [2.05, 4.69) is 37.4 Å². The average molecular weight is 245 g/mol. The maximum absolute atomic E-state index is 5.87. The lowest BCUT2D eigenvalue weighted by Gasteiger charge is -2.25. The first kappa shape index (κ1) is 11.9. The lowest BCUT2D eigenvalue weighted by Crippen LogP contribution is -2.26. The fourth-order valence-electron chi connectivity index (χ4n) is 3.56. The zero-order chi connectivity index (χ0) is 12.5. The summed E-state index contributed by atoms with van der Waals surface area (Å²) in [7, 11) is 0. The molecule has 98 valence electrons. The molecule has 0 saturated heterocycles. The van der Waals surface area contributed by atoms with Crippen molar-refractivity contribution in [3.05, 3.63) is 24.3 Å². The molecule has 0 spiro atoms. The molecule has 2 fully saturated rings. The standard InChI is InChI=1S/C16H23NO/c1-11(2)18-16-6-4-3-5-14(16)17-15-10-12-7-8-13(15)9-12/h3-6,11-13,15,17H,7-10H2,1-2H3. The molecule has 3 rings (SSSR count). The molecule has 1 aromatic carbocycles. The van der Waals surface area contributed by atoms with Gasteiger partial charge in [-0.25, -0.2) is 0 Å². The summed E-state index contributed by atoms with van der Waals surface area (Å²) >= 11 is 0. The van der Waals surface area contributed by atoms with Crippen LogP contribution in [0.5, 0.6) is 5.75 Å². The van der Waals surface area contributed by atoms with Gasteiger partial charge in [0.25, 0.3) is 0 Å². The van der Waals surface area contributed by atoms with Gasteiger partial charge in [0.1, 0.15) is 5.75 Å². The second kappa shape index (κ2) is 4.83. The summed E-state index contributed by atoms with van der Waals surface area (Å²) in [5.74, 6) is 2.86. The normalized spacial score (nSPS) is 29.8.